The van der Waals surface area contributed by atoms with Gasteiger partial charge in [-0.1, -0.05) is 0 Å². The van der Waals surface area contributed by atoms with E-state index in [1.54, 1.807) is 19.1 Å². The second-order valence-electron chi connectivity index (χ2n) is 4.71. The molecule has 0 radical (unpaired) electrons. The predicted octanol–water partition coefficient (Wildman–Crippen LogP) is 1.84. The van der Waals surface area contributed by atoms with Crippen LogP contribution in [0.15, 0.2) is 23.2 Å². The Morgan fingerprint density at radius 2 is 2.33 bits per heavy atom. The summed E-state index contributed by atoms with van der Waals surface area (Å²) in [6.07, 6.45) is 0.413. The number of aliphatic imine (C=N–C) groups is 1. The number of nitrogens with zero attached hydrogens (tertiary/aromatic N) is 1. The van der Waals surface area contributed by atoms with Gasteiger partial charge in [0.25, 0.3) is 0 Å². The van der Waals surface area contributed by atoms with Crippen LogP contribution in [0.25, 0.3) is 0 Å². The fourth-order valence-electron chi connectivity index (χ4n) is 2.72. The Labute approximate surface area is 105 Å². The summed E-state index contributed by atoms with van der Waals surface area (Å²) >= 11 is 0. The summed E-state index contributed by atoms with van der Waals surface area (Å²) in [6.45, 7) is 2.74. The lowest BCUT2D eigenvalue weighted by Gasteiger charge is -2.35. The van der Waals surface area contributed by atoms with Crippen LogP contribution in [0, 0.1) is 5.82 Å². The minimum absolute atomic E-state index is 0.238. The van der Waals surface area contributed by atoms with Crippen molar-refractivity contribution in [3.05, 3.63) is 29.6 Å². The van der Waals surface area contributed by atoms with Crippen LogP contribution in [0.1, 0.15) is 18.9 Å². The minimum atomic E-state index is -0.679. The first-order valence-electron chi connectivity index (χ1n) is 5.98. The zero-order valence-corrected chi connectivity index (χ0v) is 10.1. The van der Waals surface area contributed by atoms with E-state index in [1.165, 1.54) is 6.07 Å². The highest BCUT2D eigenvalue weighted by Gasteiger charge is 2.49. The molecule has 18 heavy (non-hydrogen) atoms. The van der Waals surface area contributed by atoms with Crippen molar-refractivity contribution in [3.8, 4) is 0 Å². The summed E-state index contributed by atoms with van der Waals surface area (Å²) in [5.41, 5.74) is 6.12. The van der Waals surface area contributed by atoms with E-state index in [-0.39, 0.29) is 11.9 Å². The molecule has 2 aliphatic heterocycles. The molecule has 2 N–H and O–H groups in total. The lowest BCUT2D eigenvalue weighted by Crippen LogP contribution is -2.42. The molecule has 0 saturated carbocycles. The number of hydrogen-bond donors (Lipinski definition) is 1. The van der Waals surface area contributed by atoms with Crippen LogP contribution in [0.3, 0.4) is 0 Å². The smallest absolute Gasteiger partial charge is 0.181 e. The maximum Gasteiger partial charge on any atom is 0.181 e. The quantitative estimate of drug-likeness (QED) is 0.774. The molecule has 2 aliphatic rings. The van der Waals surface area contributed by atoms with Gasteiger partial charge in [0.05, 0.1) is 6.61 Å². The van der Waals surface area contributed by atoms with E-state index < -0.39 is 5.54 Å². The third-order valence-electron chi connectivity index (χ3n) is 3.59. The second kappa shape index (κ2) is 3.95. The summed E-state index contributed by atoms with van der Waals surface area (Å²) < 4.78 is 25.1. The normalized spacial score (nSPS) is 30.6. The highest BCUT2D eigenvalue weighted by Crippen LogP contribution is 2.43. The molecule has 0 aromatic heterocycles. The minimum Gasteiger partial charge on any atom is -0.478 e. The van der Waals surface area contributed by atoms with Gasteiger partial charge in [-0.3, -0.25) is 0 Å². The maximum atomic E-state index is 14.1. The molecule has 1 fully saturated rings. The molecule has 96 valence electrons. The topological polar surface area (TPSA) is 56.8 Å². The standard InChI is InChI=1S/C13H15FN2O2/c1-8-16-13(4-5-17-12(13)7-18-8)10-6-9(15)2-3-11(10)14/h2-3,6,12H,4-5,7,15H2,1H3/t12-,13+/m0/s1. The van der Waals surface area contributed by atoms with Crippen LogP contribution in [-0.2, 0) is 15.0 Å². The molecule has 1 saturated heterocycles. The molecule has 1 aromatic carbocycles. The lowest BCUT2D eigenvalue weighted by atomic mass is 9.83. The first-order valence-corrected chi connectivity index (χ1v) is 5.98. The molecule has 1 aromatic rings. The van der Waals surface area contributed by atoms with Crippen molar-refractivity contribution in [2.45, 2.75) is 25.0 Å². The molecule has 0 amide bonds. The fraction of sp³-hybridized carbons (Fsp3) is 0.462. The average molecular weight is 250 g/mol. The molecule has 2 heterocycles. The molecule has 2 atom stereocenters. The number of anilines is 1. The molecule has 3 rings (SSSR count). The van der Waals surface area contributed by atoms with Crippen LogP contribution in [0.2, 0.25) is 0 Å². The van der Waals surface area contributed by atoms with E-state index >= 15 is 0 Å². The van der Waals surface area contributed by atoms with Crippen molar-refractivity contribution in [1.29, 1.82) is 0 Å². The summed E-state index contributed by atoms with van der Waals surface area (Å²) in [5.74, 6) is 0.275. The zero-order chi connectivity index (χ0) is 12.8. The van der Waals surface area contributed by atoms with Gasteiger partial charge in [0.2, 0.25) is 0 Å². The summed E-state index contributed by atoms with van der Waals surface area (Å²) in [6, 6.07) is 4.59. The number of nitrogen functional groups attached to an aromatic ring is 1. The van der Waals surface area contributed by atoms with Crippen molar-refractivity contribution in [2.24, 2.45) is 4.99 Å². The van der Waals surface area contributed by atoms with Gasteiger partial charge in [-0.25, -0.2) is 9.38 Å². The summed E-state index contributed by atoms with van der Waals surface area (Å²) in [7, 11) is 0. The molecule has 0 unspecified atom stereocenters. The molecular weight excluding hydrogens is 235 g/mol. The van der Waals surface area contributed by atoms with Crippen molar-refractivity contribution in [2.75, 3.05) is 18.9 Å². The van der Waals surface area contributed by atoms with E-state index in [0.29, 0.717) is 36.8 Å². The Kier molecular flexibility index (Phi) is 2.52. The van der Waals surface area contributed by atoms with Crippen molar-refractivity contribution >= 4 is 11.6 Å². The number of nitrogens with two attached hydrogens (primary N) is 1. The Morgan fingerprint density at radius 3 is 3.17 bits per heavy atom. The number of hydrogen-bond acceptors (Lipinski definition) is 4. The van der Waals surface area contributed by atoms with Gasteiger partial charge in [0, 0.05) is 24.6 Å². The summed E-state index contributed by atoms with van der Waals surface area (Å²) in [5, 5.41) is 0. The first kappa shape index (κ1) is 11.5. The van der Waals surface area contributed by atoms with E-state index in [2.05, 4.69) is 4.99 Å². The van der Waals surface area contributed by atoms with E-state index in [0.717, 1.165) is 0 Å². The van der Waals surface area contributed by atoms with Crippen LogP contribution in [0.4, 0.5) is 10.1 Å². The van der Waals surface area contributed by atoms with Crippen LogP contribution in [-0.4, -0.2) is 25.2 Å². The molecule has 5 heteroatoms. The lowest BCUT2D eigenvalue weighted by molar-refractivity contribution is 0.0213. The maximum absolute atomic E-state index is 14.1. The van der Waals surface area contributed by atoms with E-state index in [1.807, 2.05) is 0 Å². The van der Waals surface area contributed by atoms with Crippen LogP contribution >= 0.6 is 0 Å². The number of halogens is 1. The Bertz CT molecular complexity index is 518. The van der Waals surface area contributed by atoms with Gasteiger partial charge in [-0.05, 0) is 18.2 Å². The van der Waals surface area contributed by atoms with Gasteiger partial charge in [-0.15, -0.1) is 0 Å². The van der Waals surface area contributed by atoms with Crippen LogP contribution in [0.5, 0.6) is 0 Å². The van der Waals surface area contributed by atoms with Gasteiger partial charge in [0.1, 0.15) is 24.1 Å². The Balaban J connectivity index is 2.17. The average Bonchev–Trinajstić information content (AvgIpc) is 2.76. The monoisotopic (exact) mass is 250 g/mol. The first-order chi connectivity index (χ1) is 8.62. The third-order valence-corrected chi connectivity index (χ3v) is 3.59. The van der Waals surface area contributed by atoms with E-state index in [4.69, 9.17) is 15.2 Å². The molecule has 0 spiro atoms. The highest BCUT2D eigenvalue weighted by atomic mass is 19.1. The second-order valence-corrected chi connectivity index (χ2v) is 4.71. The van der Waals surface area contributed by atoms with Crippen molar-refractivity contribution < 1.29 is 13.9 Å². The molecule has 0 bridgehead atoms. The molecular formula is C13H15FN2O2. The van der Waals surface area contributed by atoms with E-state index in [9.17, 15) is 4.39 Å². The van der Waals surface area contributed by atoms with Gasteiger partial charge < -0.3 is 15.2 Å². The largest absolute Gasteiger partial charge is 0.478 e. The zero-order valence-electron chi connectivity index (χ0n) is 10.1. The molecule has 0 aliphatic carbocycles. The third kappa shape index (κ3) is 1.58. The number of fused-ring (bicyclic) bond motifs is 1. The number of rotatable bonds is 1. The highest BCUT2D eigenvalue weighted by molar-refractivity contribution is 5.75. The molecule has 4 nitrogen and oxygen atoms in total. The summed E-state index contributed by atoms with van der Waals surface area (Å²) in [4.78, 5) is 4.52. The SMILES string of the molecule is CC1=N[C@@]2(c3cc(N)ccc3F)CCO[C@H]2CO1. The Morgan fingerprint density at radius 1 is 1.50 bits per heavy atom. The fourth-order valence-corrected chi connectivity index (χ4v) is 2.72. The number of ether oxygens (including phenoxy) is 2. The van der Waals surface area contributed by atoms with Crippen molar-refractivity contribution in [3.63, 3.8) is 0 Å². The number of benzene rings is 1. The van der Waals surface area contributed by atoms with Gasteiger partial charge >= 0.3 is 0 Å². The Hall–Kier alpha value is -1.62. The van der Waals surface area contributed by atoms with Crippen LogP contribution < -0.4 is 5.73 Å². The van der Waals surface area contributed by atoms with Crippen molar-refractivity contribution in [1.82, 2.24) is 0 Å². The van der Waals surface area contributed by atoms with Gasteiger partial charge in [0.15, 0.2) is 5.90 Å². The predicted molar refractivity (Wildman–Crippen MR) is 65.9 cm³/mol. The van der Waals surface area contributed by atoms with Gasteiger partial charge in [-0.2, -0.15) is 0 Å².